The first-order valence-corrected chi connectivity index (χ1v) is 6.46. The lowest BCUT2D eigenvalue weighted by Crippen LogP contribution is -2.39. The van der Waals surface area contributed by atoms with Crippen LogP contribution < -0.4 is 0 Å². The Morgan fingerprint density at radius 2 is 2.05 bits per heavy atom. The van der Waals surface area contributed by atoms with Crippen LogP contribution in [0.15, 0.2) is 36.4 Å². The molecule has 1 aliphatic carbocycles. The van der Waals surface area contributed by atoms with Crippen LogP contribution in [0.4, 0.5) is 0 Å². The van der Waals surface area contributed by atoms with Gasteiger partial charge in [-0.25, -0.2) is 4.79 Å². The molecule has 19 heavy (non-hydrogen) atoms. The van der Waals surface area contributed by atoms with Gasteiger partial charge in [-0.1, -0.05) is 36.8 Å². The van der Waals surface area contributed by atoms with Crippen molar-refractivity contribution in [3.05, 3.63) is 47.5 Å². The molecule has 0 aliphatic heterocycles. The quantitative estimate of drug-likeness (QED) is 0.460. The summed E-state index contributed by atoms with van der Waals surface area (Å²) < 4.78 is 5.63. The zero-order valence-corrected chi connectivity index (χ0v) is 11.5. The van der Waals surface area contributed by atoms with Crippen LogP contribution in [0.1, 0.15) is 31.4 Å². The van der Waals surface area contributed by atoms with E-state index in [0.29, 0.717) is 12.0 Å². The van der Waals surface area contributed by atoms with Gasteiger partial charge in [0.2, 0.25) is 0 Å². The van der Waals surface area contributed by atoms with Gasteiger partial charge in [0.25, 0.3) is 0 Å². The number of carbonyl (C=O) groups is 1. The summed E-state index contributed by atoms with van der Waals surface area (Å²) in [6.07, 6.45) is 2.28. The fraction of sp³-hybridized carbons (Fsp3) is 0.353. The van der Waals surface area contributed by atoms with E-state index in [0.717, 1.165) is 12.8 Å². The SMILES string of the molecule is C=C(C)C(=O)OC1(C#CC)CCc2ccccc2C1. The van der Waals surface area contributed by atoms with Gasteiger partial charge in [0.05, 0.1) is 0 Å². The molecule has 1 aromatic carbocycles. The molecule has 0 heterocycles. The molecular weight excluding hydrogens is 236 g/mol. The van der Waals surface area contributed by atoms with Crippen molar-refractivity contribution >= 4 is 5.97 Å². The van der Waals surface area contributed by atoms with Gasteiger partial charge in [0, 0.05) is 18.4 Å². The Labute approximate surface area is 114 Å². The Balaban J connectivity index is 2.30. The van der Waals surface area contributed by atoms with Gasteiger partial charge in [-0.2, -0.15) is 0 Å². The van der Waals surface area contributed by atoms with Crippen LogP contribution in [-0.4, -0.2) is 11.6 Å². The largest absolute Gasteiger partial charge is 0.442 e. The lowest BCUT2D eigenvalue weighted by molar-refractivity contribution is -0.150. The number of benzene rings is 1. The van der Waals surface area contributed by atoms with E-state index in [4.69, 9.17) is 4.74 Å². The molecule has 2 heteroatoms. The summed E-state index contributed by atoms with van der Waals surface area (Å²) in [5.74, 6) is 5.63. The Morgan fingerprint density at radius 1 is 1.37 bits per heavy atom. The third kappa shape index (κ3) is 2.88. The topological polar surface area (TPSA) is 26.3 Å². The van der Waals surface area contributed by atoms with E-state index >= 15 is 0 Å². The molecule has 1 unspecified atom stereocenters. The minimum atomic E-state index is -0.695. The van der Waals surface area contributed by atoms with Crippen LogP contribution in [0.2, 0.25) is 0 Å². The maximum absolute atomic E-state index is 11.8. The van der Waals surface area contributed by atoms with Crippen molar-refractivity contribution in [2.75, 3.05) is 0 Å². The van der Waals surface area contributed by atoms with Crippen LogP contribution in [0.5, 0.6) is 0 Å². The lowest BCUT2D eigenvalue weighted by Gasteiger charge is -2.33. The summed E-state index contributed by atoms with van der Waals surface area (Å²) in [5, 5.41) is 0. The van der Waals surface area contributed by atoms with Crippen molar-refractivity contribution < 1.29 is 9.53 Å². The van der Waals surface area contributed by atoms with E-state index in [1.807, 2.05) is 12.1 Å². The van der Waals surface area contributed by atoms with Gasteiger partial charge in [-0.05, 0) is 31.4 Å². The molecule has 1 atom stereocenters. The van der Waals surface area contributed by atoms with Gasteiger partial charge in [0.1, 0.15) is 0 Å². The summed E-state index contributed by atoms with van der Waals surface area (Å²) in [7, 11) is 0. The second-order valence-electron chi connectivity index (χ2n) is 4.98. The average molecular weight is 254 g/mol. The van der Waals surface area contributed by atoms with Crippen molar-refractivity contribution in [2.24, 2.45) is 0 Å². The number of esters is 1. The minimum Gasteiger partial charge on any atom is -0.442 e. The molecule has 0 bridgehead atoms. The first-order chi connectivity index (χ1) is 9.06. The maximum atomic E-state index is 11.8. The molecule has 0 saturated carbocycles. The van der Waals surface area contributed by atoms with Gasteiger partial charge in [-0.3, -0.25) is 0 Å². The molecule has 0 saturated heterocycles. The summed E-state index contributed by atoms with van der Waals surface area (Å²) >= 11 is 0. The average Bonchev–Trinajstić information content (AvgIpc) is 2.38. The molecule has 1 aromatic rings. The highest BCUT2D eigenvalue weighted by Gasteiger charge is 2.36. The van der Waals surface area contributed by atoms with Crippen molar-refractivity contribution in [2.45, 2.75) is 38.7 Å². The molecule has 1 aliphatic rings. The van der Waals surface area contributed by atoms with E-state index in [-0.39, 0.29) is 5.97 Å². The van der Waals surface area contributed by atoms with Gasteiger partial charge in [-0.15, -0.1) is 5.92 Å². The first kappa shape index (κ1) is 13.4. The molecular formula is C17H18O2. The third-order valence-electron chi connectivity index (χ3n) is 3.38. The number of ether oxygens (including phenoxy) is 1. The van der Waals surface area contributed by atoms with E-state index < -0.39 is 5.60 Å². The second kappa shape index (κ2) is 5.32. The van der Waals surface area contributed by atoms with E-state index in [1.54, 1.807) is 13.8 Å². The van der Waals surface area contributed by atoms with Crippen molar-refractivity contribution in [1.29, 1.82) is 0 Å². The van der Waals surface area contributed by atoms with Crippen molar-refractivity contribution in [3.8, 4) is 11.8 Å². The molecule has 98 valence electrons. The Hall–Kier alpha value is -2.01. The monoisotopic (exact) mass is 254 g/mol. The van der Waals surface area contributed by atoms with E-state index in [9.17, 15) is 4.79 Å². The van der Waals surface area contributed by atoms with Crippen LogP contribution in [-0.2, 0) is 22.4 Å². The fourth-order valence-electron chi connectivity index (χ4n) is 2.42. The summed E-state index contributed by atoms with van der Waals surface area (Å²) in [6, 6.07) is 8.25. The van der Waals surface area contributed by atoms with Crippen LogP contribution >= 0.6 is 0 Å². The molecule has 0 spiro atoms. The standard InChI is InChI=1S/C17H18O2/c1-4-10-17(19-16(18)13(2)3)11-9-14-7-5-6-8-15(14)12-17/h5-8H,2,9,11-12H2,1,3H3. The van der Waals surface area contributed by atoms with Gasteiger partial charge < -0.3 is 4.74 Å². The van der Waals surface area contributed by atoms with Crippen molar-refractivity contribution in [3.63, 3.8) is 0 Å². The zero-order chi connectivity index (χ0) is 13.9. The summed E-state index contributed by atoms with van der Waals surface area (Å²) in [5.41, 5.74) is 2.25. The Morgan fingerprint density at radius 3 is 2.68 bits per heavy atom. The Kier molecular flexibility index (Phi) is 3.76. The second-order valence-corrected chi connectivity index (χ2v) is 4.98. The highest BCUT2D eigenvalue weighted by Crippen LogP contribution is 2.31. The van der Waals surface area contributed by atoms with Crippen LogP contribution in [0.3, 0.4) is 0 Å². The molecule has 0 fully saturated rings. The number of fused-ring (bicyclic) bond motifs is 1. The number of hydrogen-bond donors (Lipinski definition) is 0. The smallest absolute Gasteiger partial charge is 0.334 e. The molecule has 0 aromatic heterocycles. The lowest BCUT2D eigenvalue weighted by atomic mass is 9.80. The number of hydrogen-bond acceptors (Lipinski definition) is 2. The summed E-state index contributed by atoms with van der Waals surface area (Å²) in [6.45, 7) is 7.07. The number of carbonyl (C=O) groups excluding carboxylic acids is 1. The molecule has 0 radical (unpaired) electrons. The van der Waals surface area contributed by atoms with Crippen LogP contribution in [0.25, 0.3) is 0 Å². The van der Waals surface area contributed by atoms with Gasteiger partial charge >= 0.3 is 5.97 Å². The predicted molar refractivity (Wildman–Crippen MR) is 75.6 cm³/mol. The Bertz CT molecular complexity index is 574. The fourth-order valence-corrected chi connectivity index (χ4v) is 2.42. The highest BCUT2D eigenvalue weighted by molar-refractivity contribution is 5.87. The normalized spacial score (nSPS) is 20.7. The molecule has 0 N–H and O–H groups in total. The third-order valence-corrected chi connectivity index (χ3v) is 3.38. The zero-order valence-electron chi connectivity index (χ0n) is 11.5. The molecule has 2 rings (SSSR count). The number of aryl methyl sites for hydroxylation is 1. The van der Waals surface area contributed by atoms with Gasteiger partial charge in [0.15, 0.2) is 5.60 Å². The highest BCUT2D eigenvalue weighted by atomic mass is 16.6. The predicted octanol–water partition coefficient (Wildman–Crippen LogP) is 3.06. The van der Waals surface area contributed by atoms with Crippen molar-refractivity contribution in [1.82, 2.24) is 0 Å². The molecule has 0 amide bonds. The summed E-state index contributed by atoms with van der Waals surface area (Å²) in [4.78, 5) is 11.8. The van der Waals surface area contributed by atoms with Crippen LogP contribution in [0, 0.1) is 11.8 Å². The van der Waals surface area contributed by atoms with E-state index in [1.165, 1.54) is 11.1 Å². The molecule has 2 nitrogen and oxygen atoms in total. The minimum absolute atomic E-state index is 0.359. The number of rotatable bonds is 2. The maximum Gasteiger partial charge on any atom is 0.334 e. The van der Waals surface area contributed by atoms with E-state index in [2.05, 4.69) is 30.6 Å². The first-order valence-electron chi connectivity index (χ1n) is 6.46.